The number of nitrogens with two attached hydrogens (primary N) is 1. The summed E-state index contributed by atoms with van der Waals surface area (Å²) in [6.07, 6.45) is -0.327. The summed E-state index contributed by atoms with van der Waals surface area (Å²) in [6.45, 7) is 2.80. The first-order valence-corrected chi connectivity index (χ1v) is 6.07. The Morgan fingerprint density at radius 1 is 1.30 bits per heavy atom. The highest BCUT2D eigenvalue weighted by Crippen LogP contribution is 1.92. The van der Waals surface area contributed by atoms with Crippen molar-refractivity contribution in [3.63, 3.8) is 0 Å². The van der Waals surface area contributed by atoms with Crippen LogP contribution in [0.4, 0.5) is 0 Å². The van der Waals surface area contributed by atoms with Crippen LogP contribution in [0.2, 0.25) is 0 Å². The number of hydrogen-bond donors (Lipinski definition) is 2. The van der Waals surface area contributed by atoms with E-state index in [1.165, 1.54) is 6.92 Å². The summed E-state index contributed by atoms with van der Waals surface area (Å²) >= 11 is 0. The Balaban J connectivity index is 0. The van der Waals surface area contributed by atoms with Gasteiger partial charge in [0, 0.05) is 19.4 Å². The molecule has 0 aliphatic carbocycles. The average Bonchev–Trinajstić information content (AvgIpc) is 2.24. The third-order valence-corrected chi connectivity index (χ3v) is 2.04. The maximum atomic E-state index is 10.3. The molecular formula is C12H24N2O6. The van der Waals surface area contributed by atoms with Crippen molar-refractivity contribution < 1.29 is 33.8 Å². The number of rotatable bonds is 7. The third-order valence-electron chi connectivity index (χ3n) is 2.04. The maximum Gasteiger partial charge on any atom is 0.303 e. The molecule has 0 saturated carbocycles. The van der Waals surface area contributed by atoms with Crippen LogP contribution in [0.1, 0.15) is 19.8 Å². The summed E-state index contributed by atoms with van der Waals surface area (Å²) in [5.41, 5.74) is 4.94. The standard InChI is InChI=1S/C7H16NO2.C5H9NO4/c1-7(9)10-6-5-8(2,3)4;6-3(5(9)10)1-2-4(7)8/h5-6H2,1-4H3;3H,1-2,6H2,(H,7,8)(H,9,10)/q+1;/p-1/t;3-/m.0/s1. The molecule has 0 bridgehead atoms. The van der Waals surface area contributed by atoms with Crippen LogP contribution in [0.15, 0.2) is 0 Å². The number of carbonyl (C=O) groups excluding carboxylic acids is 2. The monoisotopic (exact) mass is 292 g/mol. The topological polar surface area (TPSA) is 130 Å². The largest absolute Gasteiger partial charge is 0.548 e. The number of carbonyl (C=O) groups is 3. The third kappa shape index (κ3) is 18.7. The lowest BCUT2D eigenvalue weighted by atomic mass is 10.2. The Bertz CT molecular complexity index is 324. The van der Waals surface area contributed by atoms with Crippen LogP contribution in [0.5, 0.6) is 0 Å². The lowest BCUT2D eigenvalue weighted by Crippen LogP contribution is -2.41. The Kier molecular flexibility index (Phi) is 10.5. The molecule has 0 aromatic carbocycles. The van der Waals surface area contributed by atoms with E-state index in [0.29, 0.717) is 6.61 Å². The van der Waals surface area contributed by atoms with E-state index >= 15 is 0 Å². The van der Waals surface area contributed by atoms with Crippen LogP contribution in [0, 0.1) is 0 Å². The summed E-state index contributed by atoms with van der Waals surface area (Å²) in [5.74, 6) is -2.67. The van der Waals surface area contributed by atoms with Gasteiger partial charge in [0.15, 0.2) is 0 Å². The van der Waals surface area contributed by atoms with Crippen molar-refractivity contribution in [3.8, 4) is 0 Å². The second-order valence-electron chi connectivity index (χ2n) is 5.21. The second kappa shape index (κ2) is 10.2. The van der Waals surface area contributed by atoms with Gasteiger partial charge >= 0.3 is 11.9 Å². The molecule has 1 atom stereocenters. The summed E-state index contributed by atoms with van der Waals surface area (Å²) in [5, 5.41) is 18.0. The zero-order valence-corrected chi connectivity index (χ0v) is 12.4. The van der Waals surface area contributed by atoms with Crippen LogP contribution >= 0.6 is 0 Å². The van der Waals surface area contributed by atoms with Gasteiger partial charge in [0.25, 0.3) is 0 Å². The highest BCUT2D eigenvalue weighted by atomic mass is 16.5. The zero-order valence-electron chi connectivity index (χ0n) is 12.4. The van der Waals surface area contributed by atoms with E-state index in [9.17, 15) is 19.5 Å². The number of carboxylic acid groups (broad SMARTS) is 2. The molecule has 118 valence electrons. The van der Waals surface area contributed by atoms with E-state index in [1.807, 2.05) is 0 Å². The minimum absolute atomic E-state index is 0.0856. The van der Waals surface area contributed by atoms with Gasteiger partial charge in [0.05, 0.1) is 27.1 Å². The Hall–Kier alpha value is -1.67. The maximum absolute atomic E-state index is 10.3. The summed E-state index contributed by atoms with van der Waals surface area (Å²) in [4.78, 5) is 30.0. The predicted octanol–water partition coefficient (Wildman–Crippen LogP) is -1.82. The summed E-state index contributed by atoms with van der Waals surface area (Å²) in [6, 6.07) is -1.17. The zero-order chi connectivity index (χ0) is 16.3. The van der Waals surface area contributed by atoms with E-state index in [-0.39, 0.29) is 18.8 Å². The first kappa shape index (κ1) is 20.6. The molecule has 0 radical (unpaired) electrons. The van der Waals surface area contributed by atoms with Crippen LogP contribution in [-0.2, 0) is 19.1 Å². The van der Waals surface area contributed by atoms with Gasteiger partial charge in [-0.05, 0) is 6.42 Å². The molecule has 8 nitrogen and oxygen atoms in total. The molecule has 3 N–H and O–H groups in total. The lowest BCUT2D eigenvalue weighted by molar-refractivity contribution is -0.870. The highest BCUT2D eigenvalue weighted by molar-refractivity contribution is 5.72. The Morgan fingerprint density at radius 3 is 2.10 bits per heavy atom. The SMILES string of the molecule is CC(=O)OCC[N+](C)(C)C.N[C@@H](CCC(=O)O)C(=O)[O-]. The molecule has 0 aliphatic heterocycles. The number of likely N-dealkylation sites (N-methyl/N-ethyl adjacent to an activating group) is 1. The number of aliphatic carboxylic acids is 2. The number of carboxylic acids is 2. The molecule has 0 saturated heterocycles. The van der Waals surface area contributed by atoms with Crippen molar-refractivity contribution in [3.05, 3.63) is 0 Å². The molecule has 0 rings (SSSR count). The van der Waals surface area contributed by atoms with Gasteiger partial charge in [-0.3, -0.25) is 9.59 Å². The van der Waals surface area contributed by atoms with Gasteiger partial charge in [-0.2, -0.15) is 0 Å². The molecule has 0 fully saturated rings. The number of esters is 1. The molecule has 8 heteroatoms. The molecule has 0 aliphatic rings. The quantitative estimate of drug-likeness (QED) is 0.417. The lowest BCUT2D eigenvalue weighted by Gasteiger charge is -2.23. The van der Waals surface area contributed by atoms with Crippen LogP contribution < -0.4 is 10.8 Å². The molecule has 0 heterocycles. The van der Waals surface area contributed by atoms with Gasteiger partial charge in [-0.25, -0.2) is 0 Å². The van der Waals surface area contributed by atoms with E-state index < -0.39 is 18.0 Å². The Labute approximate surface area is 118 Å². The minimum atomic E-state index is -1.42. The summed E-state index contributed by atoms with van der Waals surface area (Å²) < 4.78 is 5.59. The molecule has 20 heavy (non-hydrogen) atoms. The smallest absolute Gasteiger partial charge is 0.303 e. The van der Waals surface area contributed by atoms with Crippen LogP contribution in [0.3, 0.4) is 0 Å². The van der Waals surface area contributed by atoms with Crippen molar-refractivity contribution in [2.45, 2.75) is 25.8 Å². The fourth-order valence-electron chi connectivity index (χ4n) is 0.860. The second-order valence-corrected chi connectivity index (χ2v) is 5.21. The number of ether oxygens (including phenoxy) is 1. The van der Waals surface area contributed by atoms with Crippen molar-refractivity contribution in [2.75, 3.05) is 34.3 Å². The molecule has 0 spiro atoms. The molecule has 0 aromatic rings. The minimum Gasteiger partial charge on any atom is -0.548 e. The first-order chi connectivity index (χ1) is 8.95. The normalized spacial score (nSPS) is 11.8. The number of nitrogens with zero attached hydrogens (tertiary/aromatic N) is 1. The van der Waals surface area contributed by atoms with E-state index in [0.717, 1.165) is 11.0 Å². The molecule has 0 aromatic heterocycles. The fourth-order valence-corrected chi connectivity index (χ4v) is 0.860. The first-order valence-electron chi connectivity index (χ1n) is 6.07. The fraction of sp³-hybridized carbons (Fsp3) is 0.750. The number of quaternary nitrogens is 1. The van der Waals surface area contributed by atoms with E-state index in [1.54, 1.807) is 0 Å². The molecule has 0 unspecified atom stereocenters. The van der Waals surface area contributed by atoms with Crippen molar-refractivity contribution in [2.24, 2.45) is 5.73 Å². The molecular weight excluding hydrogens is 268 g/mol. The van der Waals surface area contributed by atoms with Gasteiger partial charge in [0.2, 0.25) is 0 Å². The summed E-state index contributed by atoms with van der Waals surface area (Å²) in [7, 11) is 6.18. The van der Waals surface area contributed by atoms with Gasteiger partial charge < -0.3 is 30.0 Å². The van der Waals surface area contributed by atoms with Gasteiger partial charge in [0.1, 0.15) is 13.2 Å². The highest BCUT2D eigenvalue weighted by Gasteiger charge is 2.06. The van der Waals surface area contributed by atoms with Crippen molar-refractivity contribution >= 4 is 17.9 Å². The molecule has 0 amide bonds. The van der Waals surface area contributed by atoms with Gasteiger partial charge in [-0.1, -0.05) is 0 Å². The van der Waals surface area contributed by atoms with Crippen LogP contribution in [0.25, 0.3) is 0 Å². The van der Waals surface area contributed by atoms with Gasteiger partial charge in [-0.15, -0.1) is 0 Å². The Morgan fingerprint density at radius 2 is 1.80 bits per heavy atom. The van der Waals surface area contributed by atoms with E-state index in [2.05, 4.69) is 21.1 Å². The average molecular weight is 292 g/mol. The van der Waals surface area contributed by atoms with Crippen molar-refractivity contribution in [1.82, 2.24) is 0 Å². The van der Waals surface area contributed by atoms with E-state index in [4.69, 9.17) is 15.6 Å². The van der Waals surface area contributed by atoms with Crippen LogP contribution in [-0.4, -0.2) is 67.8 Å². The number of hydrogen-bond acceptors (Lipinski definition) is 6. The predicted molar refractivity (Wildman–Crippen MR) is 69.4 cm³/mol. The van der Waals surface area contributed by atoms with Crippen molar-refractivity contribution in [1.29, 1.82) is 0 Å².